The number of aromatic nitrogens is 2. The van der Waals surface area contributed by atoms with Crippen LogP contribution in [0.2, 0.25) is 0 Å². The van der Waals surface area contributed by atoms with E-state index >= 15 is 0 Å². The monoisotopic (exact) mass is 405 g/mol. The van der Waals surface area contributed by atoms with Crippen LogP contribution in [0.3, 0.4) is 0 Å². The second-order valence-corrected chi connectivity index (χ2v) is 6.87. The number of nitrogens with zero attached hydrogens (tertiary/aromatic N) is 3. The predicted octanol–water partition coefficient (Wildman–Crippen LogP) is 4.53. The summed E-state index contributed by atoms with van der Waals surface area (Å²) in [7, 11) is 0. The van der Waals surface area contributed by atoms with Crippen LogP contribution in [-0.4, -0.2) is 41.0 Å². The fourth-order valence-electron chi connectivity index (χ4n) is 3.31. The number of alkyl halides is 3. The van der Waals surface area contributed by atoms with Crippen molar-refractivity contribution in [1.29, 1.82) is 0 Å². The third-order valence-corrected chi connectivity index (χ3v) is 4.83. The molecule has 0 radical (unpaired) electrons. The molecule has 2 aromatic carbocycles. The highest BCUT2D eigenvalue weighted by atomic mass is 19.4. The summed E-state index contributed by atoms with van der Waals surface area (Å²) in [4.78, 5) is 2.21. The summed E-state index contributed by atoms with van der Waals surface area (Å²) in [5.74, 6) is -0.370. The Morgan fingerprint density at radius 3 is 2.21 bits per heavy atom. The number of halogens is 4. The van der Waals surface area contributed by atoms with E-state index in [0.717, 1.165) is 30.9 Å². The number of benzene rings is 2. The molecular weight excluding hydrogens is 386 g/mol. The average Bonchev–Trinajstić information content (AvgIpc) is 3.12. The van der Waals surface area contributed by atoms with Crippen molar-refractivity contribution in [1.82, 2.24) is 14.7 Å². The van der Waals surface area contributed by atoms with Crippen LogP contribution in [0, 0.1) is 5.82 Å². The molecule has 2 heterocycles. The van der Waals surface area contributed by atoms with Crippen LogP contribution in [0.4, 0.5) is 17.6 Å². The molecule has 0 saturated carbocycles. The van der Waals surface area contributed by atoms with Gasteiger partial charge < -0.3 is 4.74 Å². The van der Waals surface area contributed by atoms with Gasteiger partial charge in [-0.2, -0.15) is 18.3 Å². The zero-order chi connectivity index (χ0) is 20.4. The summed E-state index contributed by atoms with van der Waals surface area (Å²) < 4.78 is 59.0. The molecule has 1 aliphatic heterocycles. The van der Waals surface area contributed by atoms with Crippen LogP contribution in [-0.2, 0) is 17.5 Å². The molecule has 4 rings (SSSR count). The van der Waals surface area contributed by atoms with Gasteiger partial charge in [-0.15, -0.1) is 0 Å². The zero-order valence-corrected chi connectivity index (χ0v) is 15.5. The fourth-order valence-corrected chi connectivity index (χ4v) is 3.31. The van der Waals surface area contributed by atoms with Gasteiger partial charge in [0.1, 0.15) is 5.82 Å². The molecule has 0 atom stereocenters. The first-order chi connectivity index (χ1) is 13.9. The molecule has 3 aromatic rings. The lowest BCUT2D eigenvalue weighted by atomic mass is 10.1. The van der Waals surface area contributed by atoms with E-state index < -0.39 is 11.7 Å². The van der Waals surface area contributed by atoms with Crippen molar-refractivity contribution in [3.8, 4) is 16.9 Å². The van der Waals surface area contributed by atoms with Crippen molar-refractivity contribution in [2.45, 2.75) is 12.7 Å². The Kier molecular flexibility index (Phi) is 5.38. The maximum atomic E-state index is 13.3. The minimum Gasteiger partial charge on any atom is -0.379 e. The van der Waals surface area contributed by atoms with E-state index in [1.54, 1.807) is 16.8 Å². The molecule has 1 aliphatic rings. The standard InChI is InChI=1S/C21H19F4N3O/c22-17-5-7-19(8-6-17)28-20(15-1-3-16(4-2-15)21(23,24)25)13-18(26-28)14-27-9-11-29-12-10-27/h1-8,13H,9-12,14H2. The van der Waals surface area contributed by atoms with Crippen LogP contribution in [0.25, 0.3) is 16.9 Å². The van der Waals surface area contributed by atoms with Crippen LogP contribution in [0.15, 0.2) is 54.6 Å². The molecule has 8 heteroatoms. The largest absolute Gasteiger partial charge is 0.416 e. The maximum Gasteiger partial charge on any atom is 0.416 e. The van der Waals surface area contributed by atoms with Crippen LogP contribution < -0.4 is 0 Å². The highest BCUT2D eigenvalue weighted by Gasteiger charge is 2.30. The molecule has 0 spiro atoms. The Balaban J connectivity index is 1.71. The van der Waals surface area contributed by atoms with Crippen molar-refractivity contribution < 1.29 is 22.3 Å². The molecule has 0 bridgehead atoms. The third kappa shape index (κ3) is 4.49. The first-order valence-electron chi connectivity index (χ1n) is 9.23. The first kappa shape index (κ1) is 19.6. The number of morpholine rings is 1. The molecule has 29 heavy (non-hydrogen) atoms. The van der Waals surface area contributed by atoms with Gasteiger partial charge >= 0.3 is 6.18 Å². The number of rotatable bonds is 4. The van der Waals surface area contributed by atoms with E-state index in [4.69, 9.17) is 4.74 Å². The second-order valence-electron chi connectivity index (χ2n) is 6.87. The molecular formula is C21H19F4N3O. The van der Waals surface area contributed by atoms with Crippen LogP contribution in [0.1, 0.15) is 11.3 Å². The molecule has 0 N–H and O–H groups in total. The molecule has 1 aromatic heterocycles. The fraction of sp³-hybridized carbons (Fsp3) is 0.286. The lowest BCUT2D eigenvalue weighted by Gasteiger charge is -2.25. The van der Waals surface area contributed by atoms with Crippen molar-refractivity contribution in [3.05, 3.63) is 71.7 Å². The van der Waals surface area contributed by atoms with Gasteiger partial charge in [0, 0.05) is 25.2 Å². The molecule has 0 aliphatic carbocycles. The normalized spacial score (nSPS) is 15.6. The van der Waals surface area contributed by atoms with Crippen molar-refractivity contribution >= 4 is 0 Å². The van der Waals surface area contributed by atoms with Gasteiger partial charge in [0.05, 0.1) is 35.9 Å². The minimum absolute atomic E-state index is 0.370. The van der Waals surface area contributed by atoms with E-state index in [1.807, 2.05) is 6.07 Å². The van der Waals surface area contributed by atoms with Gasteiger partial charge in [-0.25, -0.2) is 9.07 Å². The lowest BCUT2D eigenvalue weighted by Crippen LogP contribution is -2.35. The zero-order valence-electron chi connectivity index (χ0n) is 15.5. The summed E-state index contributed by atoms with van der Waals surface area (Å²) >= 11 is 0. The van der Waals surface area contributed by atoms with E-state index in [-0.39, 0.29) is 5.82 Å². The Morgan fingerprint density at radius 1 is 0.931 bits per heavy atom. The number of hydrogen-bond donors (Lipinski definition) is 0. The molecule has 0 unspecified atom stereocenters. The summed E-state index contributed by atoms with van der Waals surface area (Å²) in [6.07, 6.45) is -4.39. The van der Waals surface area contributed by atoms with Crippen molar-refractivity contribution in [2.24, 2.45) is 0 Å². The highest BCUT2D eigenvalue weighted by molar-refractivity contribution is 5.63. The summed E-state index contributed by atoms with van der Waals surface area (Å²) in [5, 5.41) is 4.64. The Bertz CT molecular complexity index is 959. The van der Waals surface area contributed by atoms with Gasteiger partial charge in [0.2, 0.25) is 0 Å². The molecule has 152 valence electrons. The third-order valence-electron chi connectivity index (χ3n) is 4.83. The van der Waals surface area contributed by atoms with Gasteiger partial charge in [-0.3, -0.25) is 4.90 Å². The van der Waals surface area contributed by atoms with Crippen LogP contribution >= 0.6 is 0 Å². The Morgan fingerprint density at radius 2 is 1.59 bits per heavy atom. The van der Waals surface area contributed by atoms with E-state index in [1.165, 1.54) is 24.3 Å². The van der Waals surface area contributed by atoms with E-state index in [2.05, 4.69) is 10.00 Å². The predicted molar refractivity (Wildman–Crippen MR) is 100 cm³/mol. The number of hydrogen-bond acceptors (Lipinski definition) is 3. The Labute approximate surface area is 165 Å². The lowest BCUT2D eigenvalue weighted by molar-refractivity contribution is -0.137. The summed E-state index contributed by atoms with van der Waals surface area (Å²) in [6.45, 7) is 3.50. The van der Waals surface area contributed by atoms with Gasteiger partial charge in [0.25, 0.3) is 0 Å². The first-order valence-corrected chi connectivity index (χ1v) is 9.23. The van der Waals surface area contributed by atoms with Crippen molar-refractivity contribution in [2.75, 3.05) is 26.3 Å². The quantitative estimate of drug-likeness (QED) is 0.598. The van der Waals surface area contributed by atoms with Gasteiger partial charge in [-0.05, 0) is 42.5 Å². The van der Waals surface area contributed by atoms with E-state index in [0.29, 0.717) is 36.7 Å². The SMILES string of the molecule is Fc1ccc(-n2nc(CN3CCOCC3)cc2-c2ccc(C(F)(F)F)cc2)cc1. The average molecular weight is 405 g/mol. The summed E-state index contributed by atoms with van der Waals surface area (Å²) in [5.41, 5.74) is 1.96. The minimum atomic E-state index is -4.39. The van der Waals surface area contributed by atoms with Gasteiger partial charge in [0.15, 0.2) is 0 Å². The van der Waals surface area contributed by atoms with Crippen LogP contribution in [0.5, 0.6) is 0 Å². The summed E-state index contributed by atoms with van der Waals surface area (Å²) in [6, 6.07) is 12.7. The second kappa shape index (κ2) is 7.96. The smallest absolute Gasteiger partial charge is 0.379 e. The molecule has 1 saturated heterocycles. The van der Waals surface area contributed by atoms with Crippen molar-refractivity contribution in [3.63, 3.8) is 0 Å². The Hall–Kier alpha value is -2.71. The molecule has 1 fully saturated rings. The number of ether oxygens (including phenoxy) is 1. The molecule has 4 nitrogen and oxygen atoms in total. The highest BCUT2D eigenvalue weighted by Crippen LogP contribution is 2.32. The van der Waals surface area contributed by atoms with E-state index in [9.17, 15) is 17.6 Å². The molecule has 0 amide bonds. The maximum absolute atomic E-state index is 13.3. The van der Waals surface area contributed by atoms with Gasteiger partial charge in [-0.1, -0.05) is 12.1 Å². The topological polar surface area (TPSA) is 30.3 Å².